The van der Waals surface area contributed by atoms with Gasteiger partial charge in [0.05, 0.1) is 10.8 Å². The summed E-state index contributed by atoms with van der Waals surface area (Å²) in [5, 5.41) is 7.55. The van der Waals surface area contributed by atoms with E-state index < -0.39 is 28.0 Å². The monoisotopic (exact) mass is 406 g/mol. The first-order valence-corrected chi connectivity index (χ1v) is 10.1. The first kappa shape index (κ1) is 20.0. The number of ether oxygens (including phenoxy) is 1. The fourth-order valence-corrected chi connectivity index (χ4v) is 3.40. The van der Waals surface area contributed by atoms with E-state index in [4.69, 9.17) is 9.88 Å². The average molecular weight is 406 g/mol. The lowest BCUT2D eigenvalue weighted by Gasteiger charge is -2.14. The topological polar surface area (TPSA) is 116 Å². The number of sulfonamides is 1. The first-order valence-electron chi connectivity index (χ1n) is 8.55. The van der Waals surface area contributed by atoms with Gasteiger partial charge in [0.1, 0.15) is 5.82 Å². The average Bonchev–Trinajstić information content (AvgIpc) is 3.42. The van der Waals surface area contributed by atoms with Crippen molar-refractivity contribution in [3.63, 3.8) is 0 Å². The number of carbonyl (C=O) groups is 2. The van der Waals surface area contributed by atoms with Gasteiger partial charge in [-0.15, -0.1) is 0 Å². The standard InChI is InChI=1S/C19H19FN2O5S/c1-11(18(23)22-14-3-2-4-15(9-14)28(21,25)26)27-19(24)17-10-16(17)12-5-7-13(20)8-6-12/h2-9,11,16-17H,10H2,1H3,(H,22,23)(H2,21,25,26). The molecule has 0 aromatic heterocycles. The van der Waals surface area contributed by atoms with Gasteiger partial charge >= 0.3 is 5.97 Å². The predicted molar refractivity (Wildman–Crippen MR) is 99.2 cm³/mol. The molecule has 2 aromatic rings. The maximum atomic E-state index is 13.0. The highest BCUT2D eigenvalue weighted by molar-refractivity contribution is 7.89. The number of nitrogens with one attached hydrogen (secondary N) is 1. The molecule has 3 atom stereocenters. The second-order valence-electron chi connectivity index (χ2n) is 6.64. The lowest BCUT2D eigenvalue weighted by atomic mass is 10.1. The number of primary sulfonamides is 1. The van der Waals surface area contributed by atoms with E-state index >= 15 is 0 Å². The largest absolute Gasteiger partial charge is 0.452 e. The minimum atomic E-state index is -3.90. The highest BCUT2D eigenvalue weighted by Crippen LogP contribution is 2.48. The maximum absolute atomic E-state index is 13.0. The number of benzene rings is 2. The minimum absolute atomic E-state index is 0.0465. The molecule has 1 aliphatic carbocycles. The van der Waals surface area contributed by atoms with Crippen molar-refractivity contribution in [3.05, 3.63) is 59.9 Å². The van der Waals surface area contributed by atoms with Crippen molar-refractivity contribution >= 4 is 27.6 Å². The number of carbonyl (C=O) groups excluding carboxylic acids is 2. The van der Waals surface area contributed by atoms with E-state index in [0.29, 0.717) is 6.42 Å². The Labute approximate surface area is 161 Å². The molecule has 3 rings (SSSR count). The molecule has 1 aliphatic rings. The first-order chi connectivity index (χ1) is 13.1. The van der Waals surface area contributed by atoms with Gasteiger partial charge in [-0.3, -0.25) is 9.59 Å². The van der Waals surface area contributed by atoms with Crippen LogP contribution in [0.4, 0.5) is 10.1 Å². The minimum Gasteiger partial charge on any atom is -0.452 e. The van der Waals surface area contributed by atoms with Gasteiger partial charge in [0.15, 0.2) is 6.10 Å². The zero-order chi connectivity index (χ0) is 20.5. The number of hydrogen-bond donors (Lipinski definition) is 2. The van der Waals surface area contributed by atoms with Gasteiger partial charge in [-0.25, -0.2) is 17.9 Å². The number of rotatable bonds is 6. The molecule has 148 valence electrons. The lowest BCUT2D eigenvalue weighted by Crippen LogP contribution is -2.30. The molecule has 0 spiro atoms. The Morgan fingerprint density at radius 1 is 1.21 bits per heavy atom. The number of anilines is 1. The number of nitrogens with two attached hydrogens (primary N) is 1. The third-order valence-electron chi connectivity index (χ3n) is 4.48. The summed E-state index contributed by atoms with van der Waals surface area (Å²) in [6, 6.07) is 11.4. The molecule has 0 radical (unpaired) electrons. The SMILES string of the molecule is CC(OC(=O)C1CC1c1ccc(F)cc1)C(=O)Nc1cccc(S(N)(=O)=O)c1. The zero-order valence-corrected chi connectivity index (χ0v) is 15.8. The zero-order valence-electron chi connectivity index (χ0n) is 15.0. The smallest absolute Gasteiger partial charge is 0.310 e. The summed E-state index contributed by atoms with van der Waals surface area (Å²) in [6.07, 6.45) is -0.491. The van der Waals surface area contributed by atoms with Crippen LogP contribution in [-0.2, 0) is 24.3 Å². The van der Waals surface area contributed by atoms with E-state index in [1.165, 1.54) is 43.3 Å². The van der Waals surface area contributed by atoms with Crippen LogP contribution in [0.2, 0.25) is 0 Å². The summed E-state index contributed by atoms with van der Waals surface area (Å²) < 4.78 is 40.9. The second kappa shape index (κ2) is 7.69. The van der Waals surface area contributed by atoms with Crippen LogP contribution in [0.25, 0.3) is 0 Å². The van der Waals surface area contributed by atoms with Gasteiger partial charge in [0, 0.05) is 5.69 Å². The molecule has 3 unspecified atom stereocenters. The molecule has 1 saturated carbocycles. The van der Waals surface area contributed by atoms with Crippen LogP contribution in [0.1, 0.15) is 24.8 Å². The Bertz CT molecular complexity index is 1010. The molecule has 2 aromatic carbocycles. The number of halogens is 1. The van der Waals surface area contributed by atoms with Crippen LogP contribution in [0.5, 0.6) is 0 Å². The van der Waals surface area contributed by atoms with Crippen LogP contribution in [0.15, 0.2) is 53.4 Å². The fraction of sp³-hybridized carbons (Fsp3) is 0.263. The molecule has 0 saturated heterocycles. The van der Waals surface area contributed by atoms with Gasteiger partial charge in [0.25, 0.3) is 5.91 Å². The molecule has 9 heteroatoms. The van der Waals surface area contributed by atoms with Crippen molar-refractivity contribution < 1.29 is 27.1 Å². The summed E-state index contributed by atoms with van der Waals surface area (Å²) in [6.45, 7) is 1.42. The Hall–Kier alpha value is -2.78. The summed E-state index contributed by atoms with van der Waals surface area (Å²) in [5.74, 6) is -1.87. The van der Waals surface area contributed by atoms with Crippen LogP contribution in [-0.4, -0.2) is 26.4 Å². The van der Waals surface area contributed by atoms with Crippen molar-refractivity contribution in [3.8, 4) is 0 Å². The molecular weight excluding hydrogens is 387 g/mol. The summed E-state index contributed by atoms with van der Waals surface area (Å²) in [5.41, 5.74) is 1.07. The summed E-state index contributed by atoms with van der Waals surface area (Å²) >= 11 is 0. The molecule has 7 nitrogen and oxygen atoms in total. The highest BCUT2D eigenvalue weighted by Gasteiger charge is 2.46. The molecule has 0 bridgehead atoms. The van der Waals surface area contributed by atoms with Gasteiger partial charge in [0.2, 0.25) is 10.0 Å². The molecule has 28 heavy (non-hydrogen) atoms. The highest BCUT2D eigenvalue weighted by atomic mass is 32.2. The van der Waals surface area contributed by atoms with Crippen LogP contribution >= 0.6 is 0 Å². The third-order valence-corrected chi connectivity index (χ3v) is 5.39. The van der Waals surface area contributed by atoms with E-state index in [9.17, 15) is 22.4 Å². The fourth-order valence-electron chi connectivity index (χ4n) is 2.84. The summed E-state index contributed by atoms with van der Waals surface area (Å²) in [7, 11) is -3.90. The van der Waals surface area contributed by atoms with E-state index in [0.717, 1.165) is 5.56 Å². The van der Waals surface area contributed by atoms with E-state index in [1.807, 2.05) is 0 Å². The summed E-state index contributed by atoms with van der Waals surface area (Å²) in [4.78, 5) is 24.3. The lowest BCUT2D eigenvalue weighted by molar-refractivity contribution is -0.154. The second-order valence-corrected chi connectivity index (χ2v) is 8.20. The van der Waals surface area contributed by atoms with Gasteiger partial charge in [-0.05, 0) is 55.2 Å². The van der Waals surface area contributed by atoms with E-state index in [2.05, 4.69) is 5.32 Å². The maximum Gasteiger partial charge on any atom is 0.310 e. The van der Waals surface area contributed by atoms with Crippen LogP contribution in [0.3, 0.4) is 0 Å². The van der Waals surface area contributed by atoms with Crippen molar-refractivity contribution in [2.45, 2.75) is 30.3 Å². The van der Waals surface area contributed by atoms with Crippen molar-refractivity contribution in [1.29, 1.82) is 0 Å². The number of amides is 1. The number of esters is 1. The Morgan fingerprint density at radius 3 is 2.54 bits per heavy atom. The van der Waals surface area contributed by atoms with Gasteiger partial charge in [-0.2, -0.15) is 0 Å². The number of hydrogen-bond acceptors (Lipinski definition) is 5. The van der Waals surface area contributed by atoms with E-state index in [1.54, 1.807) is 12.1 Å². The van der Waals surface area contributed by atoms with Crippen molar-refractivity contribution in [1.82, 2.24) is 0 Å². The third kappa shape index (κ3) is 4.73. The Morgan fingerprint density at radius 2 is 1.89 bits per heavy atom. The molecule has 1 amide bonds. The molecule has 0 aliphatic heterocycles. The molecular formula is C19H19FN2O5S. The van der Waals surface area contributed by atoms with Crippen molar-refractivity contribution in [2.24, 2.45) is 11.1 Å². The van der Waals surface area contributed by atoms with Crippen LogP contribution in [0, 0.1) is 11.7 Å². The predicted octanol–water partition coefficient (Wildman–Crippen LogP) is 2.15. The quantitative estimate of drug-likeness (QED) is 0.713. The van der Waals surface area contributed by atoms with E-state index in [-0.39, 0.29) is 28.2 Å². The van der Waals surface area contributed by atoms with Gasteiger partial charge < -0.3 is 10.1 Å². The Balaban J connectivity index is 1.56. The molecule has 1 fully saturated rings. The van der Waals surface area contributed by atoms with Gasteiger partial charge in [-0.1, -0.05) is 18.2 Å². The van der Waals surface area contributed by atoms with Crippen LogP contribution < -0.4 is 10.5 Å². The molecule has 3 N–H and O–H groups in total. The molecule has 0 heterocycles. The van der Waals surface area contributed by atoms with Crippen molar-refractivity contribution in [2.75, 3.05) is 5.32 Å². The normalized spacial score (nSPS) is 19.5. The Kier molecular flexibility index (Phi) is 5.48.